The highest BCUT2D eigenvalue weighted by atomic mass is 32.2. The molecule has 0 aliphatic rings. The third-order valence-electron chi connectivity index (χ3n) is 6.21. The largest absolute Gasteiger partial charge is 0.467 e. The van der Waals surface area contributed by atoms with Crippen molar-refractivity contribution in [2.75, 3.05) is 11.8 Å². The first kappa shape index (κ1) is 28.3. The third-order valence-corrected chi connectivity index (χ3v) is 7.60. The fourth-order valence-electron chi connectivity index (χ4n) is 4.29. The number of esters is 1. The molecule has 0 aliphatic heterocycles. The van der Waals surface area contributed by atoms with Gasteiger partial charge in [-0.2, -0.15) is 0 Å². The van der Waals surface area contributed by atoms with E-state index in [-0.39, 0.29) is 5.69 Å². The van der Waals surface area contributed by atoms with E-state index in [9.17, 15) is 17.6 Å². The number of rotatable bonds is 7. The molecule has 0 saturated heterocycles. The Balaban J connectivity index is 2.37. The van der Waals surface area contributed by atoms with Gasteiger partial charge < -0.3 is 9.47 Å². The summed E-state index contributed by atoms with van der Waals surface area (Å²) < 4.78 is 54.9. The van der Waals surface area contributed by atoms with E-state index in [4.69, 9.17) is 9.47 Å². The van der Waals surface area contributed by atoms with Crippen LogP contribution in [-0.4, -0.2) is 27.1 Å². The molecular weight excluding hydrogens is 493 g/mol. The van der Waals surface area contributed by atoms with Gasteiger partial charge in [0, 0.05) is 5.56 Å². The molecule has 8 heteroatoms. The zero-order valence-corrected chi connectivity index (χ0v) is 23.3. The predicted octanol–water partition coefficient (Wildman–Crippen LogP) is 6.56. The van der Waals surface area contributed by atoms with Crippen molar-refractivity contribution in [3.8, 4) is 11.1 Å². The first-order chi connectivity index (χ1) is 17.2. The molecular formula is C29H34FNO5S. The molecule has 3 aromatic rings. The Kier molecular flexibility index (Phi) is 8.15. The second kappa shape index (κ2) is 10.6. The topological polar surface area (TPSA) is 81.7 Å². The first-order valence-corrected chi connectivity index (χ1v) is 13.4. The summed E-state index contributed by atoms with van der Waals surface area (Å²) in [6, 6.07) is 13.0. The highest BCUT2D eigenvalue weighted by Gasteiger charge is 2.35. The van der Waals surface area contributed by atoms with Gasteiger partial charge >= 0.3 is 5.97 Å². The number of halogens is 1. The van der Waals surface area contributed by atoms with Crippen molar-refractivity contribution < 1.29 is 27.1 Å². The number of benzene rings is 3. The van der Waals surface area contributed by atoms with E-state index in [0.717, 1.165) is 28.3 Å². The fourth-order valence-corrected chi connectivity index (χ4v) is 5.56. The summed E-state index contributed by atoms with van der Waals surface area (Å²) in [7, 11) is -2.99. The van der Waals surface area contributed by atoms with Gasteiger partial charge in [0.2, 0.25) is 0 Å². The summed E-state index contributed by atoms with van der Waals surface area (Å²) in [4.78, 5) is 12.6. The lowest BCUT2D eigenvalue weighted by atomic mass is 9.84. The highest BCUT2D eigenvalue weighted by molar-refractivity contribution is 7.92. The van der Waals surface area contributed by atoms with Crippen LogP contribution in [0.15, 0.2) is 53.4 Å². The van der Waals surface area contributed by atoms with E-state index in [1.165, 1.54) is 25.3 Å². The van der Waals surface area contributed by atoms with Crippen molar-refractivity contribution in [3.05, 3.63) is 82.2 Å². The molecule has 0 fully saturated rings. The van der Waals surface area contributed by atoms with E-state index >= 15 is 0 Å². The third kappa shape index (κ3) is 6.02. The lowest BCUT2D eigenvalue weighted by molar-refractivity contribution is -0.164. The molecule has 6 nitrogen and oxygen atoms in total. The van der Waals surface area contributed by atoms with Crippen molar-refractivity contribution in [1.82, 2.24) is 0 Å². The molecule has 198 valence electrons. The molecule has 1 atom stereocenters. The zero-order valence-electron chi connectivity index (χ0n) is 22.5. The number of methoxy groups -OCH3 is 1. The van der Waals surface area contributed by atoms with Crippen LogP contribution in [-0.2, 0) is 24.3 Å². The first-order valence-electron chi connectivity index (χ1n) is 11.9. The quantitative estimate of drug-likeness (QED) is 0.352. The second-order valence-electron chi connectivity index (χ2n) is 10.1. The maximum atomic E-state index is 14.4. The van der Waals surface area contributed by atoms with Crippen LogP contribution >= 0.6 is 0 Å². The lowest BCUT2D eigenvalue weighted by Gasteiger charge is -2.31. The maximum absolute atomic E-state index is 14.4. The molecule has 0 aromatic heterocycles. The van der Waals surface area contributed by atoms with Crippen LogP contribution in [0.5, 0.6) is 0 Å². The van der Waals surface area contributed by atoms with Crippen molar-refractivity contribution in [3.63, 3.8) is 0 Å². The van der Waals surface area contributed by atoms with Crippen molar-refractivity contribution in [2.24, 2.45) is 0 Å². The van der Waals surface area contributed by atoms with Crippen LogP contribution in [0.4, 0.5) is 10.1 Å². The van der Waals surface area contributed by atoms with Gasteiger partial charge in [0.15, 0.2) is 6.10 Å². The van der Waals surface area contributed by atoms with Crippen LogP contribution in [0.25, 0.3) is 11.1 Å². The van der Waals surface area contributed by atoms with Crippen molar-refractivity contribution in [1.29, 1.82) is 0 Å². The Hall–Kier alpha value is -3.23. The average Bonchev–Trinajstić information content (AvgIpc) is 2.82. The minimum Gasteiger partial charge on any atom is -0.467 e. The second-order valence-corrected chi connectivity index (χ2v) is 11.7. The average molecular weight is 528 g/mol. The van der Waals surface area contributed by atoms with Crippen LogP contribution in [0, 0.1) is 33.5 Å². The molecule has 0 saturated carbocycles. The summed E-state index contributed by atoms with van der Waals surface area (Å²) in [6.45, 7) is 12.8. The minimum absolute atomic E-state index is 0.262. The Morgan fingerprint density at radius 2 is 1.51 bits per heavy atom. The van der Waals surface area contributed by atoms with E-state index in [2.05, 4.69) is 4.72 Å². The summed E-state index contributed by atoms with van der Waals surface area (Å²) in [5.74, 6) is -1.47. The Bertz CT molecular complexity index is 1420. The Labute approximate surface area is 218 Å². The Morgan fingerprint density at radius 3 is 2.05 bits per heavy atom. The maximum Gasteiger partial charge on any atom is 0.339 e. The number of hydrogen-bond donors (Lipinski definition) is 1. The molecule has 0 radical (unpaired) electrons. The number of carbonyl (C=O) groups excluding carboxylic acids is 1. The van der Waals surface area contributed by atoms with Crippen LogP contribution < -0.4 is 4.72 Å². The van der Waals surface area contributed by atoms with Gasteiger partial charge in [-0.1, -0.05) is 42.0 Å². The van der Waals surface area contributed by atoms with Crippen molar-refractivity contribution >= 4 is 21.7 Å². The standard InChI is InChI=1S/C29H34FNO5S/c1-17-13-15-21(16-14-17)24-18(2)19(3)26(31-37(33,34)23-12-10-9-11-22(23)30)20(4)25(24)27(28(32)35-8)36-29(5,6)7/h9-16,27,31H,1-8H3/t27-/m0/s1. The molecule has 3 rings (SSSR count). The molecule has 0 unspecified atom stereocenters. The number of sulfonamides is 1. The number of aryl methyl sites for hydroxylation is 1. The van der Waals surface area contributed by atoms with Gasteiger partial charge in [-0.15, -0.1) is 0 Å². The summed E-state index contributed by atoms with van der Waals surface area (Å²) in [5.41, 5.74) is 4.58. The van der Waals surface area contributed by atoms with E-state index < -0.39 is 38.4 Å². The normalized spacial score (nSPS) is 12.8. The van der Waals surface area contributed by atoms with Gasteiger partial charge in [-0.3, -0.25) is 4.72 Å². The molecule has 0 aliphatic carbocycles. The van der Waals surface area contributed by atoms with Crippen molar-refractivity contribution in [2.45, 2.75) is 65.1 Å². The molecule has 37 heavy (non-hydrogen) atoms. The predicted molar refractivity (Wildman–Crippen MR) is 144 cm³/mol. The molecule has 0 amide bonds. The lowest BCUT2D eigenvalue weighted by Crippen LogP contribution is -2.30. The number of nitrogens with one attached hydrogen (secondary N) is 1. The summed E-state index contributed by atoms with van der Waals surface area (Å²) >= 11 is 0. The van der Waals surface area contributed by atoms with Crippen LogP contribution in [0.3, 0.4) is 0 Å². The number of ether oxygens (including phenoxy) is 2. The molecule has 0 heterocycles. The molecule has 1 N–H and O–H groups in total. The van der Waals surface area contributed by atoms with Gasteiger partial charge in [0.1, 0.15) is 10.7 Å². The van der Waals surface area contributed by atoms with Crippen LogP contribution in [0.2, 0.25) is 0 Å². The highest BCUT2D eigenvalue weighted by Crippen LogP contribution is 2.43. The number of carbonyl (C=O) groups is 1. The van der Waals surface area contributed by atoms with E-state index in [0.29, 0.717) is 16.7 Å². The summed E-state index contributed by atoms with van der Waals surface area (Å²) in [6.07, 6.45) is -1.14. The number of anilines is 1. The van der Waals surface area contributed by atoms with Gasteiger partial charge in [0.25, 0.3) is 10.0 Å². The Morgan fingerprint density at radius 1 is 0.919 bits per heavy atom. The molecule has 0 bridgehead atoms. The van der Waals surface area contributed by atoms with Gasteiger partial charge in [-0.25, -0.2) is 17.6 Å². The smallest absolute Gasteiger partial charge is 0.339 e. The van der Waals surface area contributed by atoms with E-state index in [1.807, 2.05) is 58.9 Å². The summed E-state index contributed by atoms with van der Waals surface area (Å²) in [5, 5.41) is 0. The SMILES string of the molecule is COC(=O)[C@@H](OC(C)(C)C)c1c(C)c(NS(=O)(=O)c2ccccc2F)c(C)c(C)c1-c1ccc(C)cc1. The zero-order chi connectivity index (χ0) is 27.7. The monoisotopic (exact) mass is 527 g/mol. The van der Waals surface area contributed by atoms with Gasteiger partial charge in [-0.05, 0) is 88.4 Å². The minimum atomic E-state index is -4.27. The van der Waals surface area contributed by atoms with Gasteiger partial charge in [0.05, 0.1) is 18.4 Å². The van der Waals surface area contributed by atoms with E-state index in [1.54, 1.807) is 13.8 Å². The molecule has 3 aromatic carbocycles. The molecule has 0 spiro atoms. The fraction of sp³-hybridized carbons (Fsp3) is 0.345. The van der Waals surface area contributed by atoms with Crippen LogP contribution in [0.1, 0.15) is 54.7 Å². The number of hydrogen-bond acceptors (Lipinski definition) is 5.